The zero-order valence-electron chi connectivity index (χ0n) is 19.8. The maximum absolute atomic E-state index is 12.8. The van der Waals surface area contributed by atoms with Crippen LogP contribution in [0.2, 0.25) is 0 Å². The van der Waals surface area contributed by atoms with E-state index in [2.05, 4.69) is 36.4 Å². The molecule has 0 aromatic heterocycles. The zero-order valence-corrected chi connectivity index (χ0v) is 21.5. The topological polar surface area (TPSA) is 54.4 Å². The molecular weight excluding hydrogens is 495 g/mol. The molecule has 180 valence electrons. The van der Waals surface area contributed by atoms with Crippen LogP contribution in [0.15, 0.2) is 138 Å². The first-order valence-electron chi connectivity index (χ1n) is 11.9. The molecule has 0 saturated carbocycles. The molecule has 5 heteroatoms. The minimum atomic E-state index is -4.51. The Morgan fingerprint density at radius 2 is 0.946 bits per heavy atom. The van der Waals surface area contributed by atoms with Crippen LogP contribution in [-0.4, -0.2) is 13.0 Å². The van der Waals surface area contributed by atoms with Crippen molar-refractivity contribution >= 4 is 55.5 Å². The van der Waals surface area contributed by atoms with Crippen LogP contribution in [0.5, 0.6) is 0 Å². The number of hydrogen-bond donors (Lipinski definition) is 1. The lowest BCUT2D eigenvalue weighted by Gasteiger charge is -2.25. The molecule has 1 N–H and O–H groups in total. The van der Waals surface area contributed by atoms with Gasteiger partial charge in [-0.1, -0.05) is 127 Å². The molecule has 6 rings (SSSR count). The van der Waals surface area contributed by atoms with Crippen LogP contribution in [0.4, 0.5) is 0 Å². The summed E-state index contributed by atoms with van der Waals surface area (Å²) < 4.78 is 36.0. The van der Waals surface area contributed by atoms with Crippen molar-refractivity contribution in [3.8, 4) is 11.1 Å². The van der Waals surface area contributed by atoms with Crippen molar-refractivity contribution in [1.29, 1.82) is 0 Å². The number of benzene rings is 6. The van der Waals surface area contributed by atoms with Crippen molar-refractivity contribution in [3.63, 3.8) is 0 Å². The van der Waals surface area contributed by atoms with Crippen LogP contribution >= 0.6 is 7.92 Å². The highest BCUT2D eigenvalue weighted by Gasteiger charge is 2.27. The summed E-state index contributed by atoms with van der Waals surface area (Å²) in [5, 5.41) is 7.00. The Balaban J connectivity index is 1.81. The first kappa shape index (κ1) is 23.6. The third kappa shape index (κ3) is 4.34. The summed E-state index contributed by atoms with van der Waals surface area (Å²) in [4.78, 5) is -0.0834. The van der Waals surface area contributed by atoms with Crippen molar-refractivity contribution in [2.75, 3.05) is 0 Å². The van der Waals surface area contributed by atoms with E-state index in [1.807, 2.05) is 84.9 Å². The van der Waals surface area contributed by atoms with E-state index in [0.717, 1.165) is 43.0 Å². The van der Waals surface area contributed by atoms with E-state index >= 15 is 0 Å². The standard InChI is InChI=1S/C32H23O3PS/c33-37(34,35)30-22-20-24-12-8-10-18-28(24)32(30)31-27-17-9-7-11-23(27)19-21-29(31)36(25-13-3-1-4-14-25)26-15-5-2-6-16-26/h1-22H,(H,33,34,35). The van der Waals surface area contributed by atoms with Gasteiger partial charge < -0.3 is 0 Å². The predicted octanol–water partition coefficient (Wildman–Crippen LogP) is 6.66. The molecule has 0 aliphatic carbocycles. The predicted molar refractivity (Wildman–Crippen MR) is 155 cm³/mol. The lowest BCUT2D eigenvalue weighted by atomic mass is 9.94. The van der Waals surface area contributed by atoms with Crippen LogP contribution in [0.1, 0.15) is 0 Å². The Labute approximate surface area is 217 Å². The van der Waals surface area contributed by atoms with Crippen LogP contribution in [0, 0.1) is 0 Å². The molecule has 6 aromatic rings. The molecule has 0 aliphatic heterocycles. The van der Waals surface area contributed by atoms with Crippen molar-refractivity contribution in [2.24, 2.45) is 0 Å². The molecule has 0 amide bonds. The van der Waals surface area contributed by atoms with E-state index < -0.39 is 18.0 Å². The summed E-state index contributed by atoms with van der Waals surface area (Å²) >= 11 is 0. The Bertz CT molecular complexity index is 1810. The average molecular weight is 519 g/mol. The fourth-order valence-electron chi connectivity index (χ4n) is 5.01. The summed E-state index contributed by atoms with van der Waals surface area (Å²) in [6, 6.07) is 43.9. The molecule has 6 aromatic carbocycles. The second-order valence-corrected chi connectivity index (χ2v) is 12.4. The maximum Gasteiger partial charge on any atom is 0.295 e. The number of rotatable bonds is 5. The average Bonchev–Trinajstić information content (AvgIpc) is 2.93. The summed E-state index contributed by atoms with van der Waals surface area (Å²) in [6.45, 7) is 0. The number of fused-ring (bicyclic) bond motifs is 2. The highest BCUT2D eigenvalue weighted by molar-refractivity contribution is 7.86. The molecule has 0 heterocycles. The molecular formula is C32H23O3PS. The molecule has 37 heavy (non-hydrogen) atoms. The highest BCUT2D eigenvalue weighted by atomic mass is 32.2. The molecule has 0 unspecified atom stereocenters. The molecule has 0 aliphatic rings. The van der Waals surface area contributed by atoms with Crippen LogP contribution in [0.25, 0.3) is 32.7 Å². The van der Waals surface area contributed by atoms with Gasteiger partial charge >= 0.3 is 0 Å². The van der Waals surface area contributed by atoms with Crippen molar-refractivity contribution < 1.29 is 13.0 Å². The van der Waals surface area contributed by atoms with E-state index in [-0.39, 0.29) is 4.90 Å². The summed E-state index contributed by atoms with van der Waals surface area (Å²) in [6.07, 6.45) is 0. The molecule has 0 bridgehead atoms. The van der Waals surface area contributed by atoms with Gasteiger partial charge in [-0.05, 0) is 57.0 Å². The Kier molecular flexibility index (Phi) is 6.10. The van der Waals surface area contributed by atoms with E-state index in [1.165, 1.54) is 6.07 Å². The zero-order chi connectivity index (χ0) is 25.4. The van der Waals surface area contributed by atoms with Gasteiger partial charge in [0.2, 0.25) is 0 Å². The fraction of sp³-hybridized carbons (Fsp3) is 0. The normalized spacial score (nSPS) is 11.8. The molecule has 0 fully saturated rings. The number of hydrogen-bond acceptors (Lipinski definition) is 2. The van der Waals surface area contributed by atoms with E-state index in [9.17, 15) is 13.0 Å². The SMILES string of the molecule is O=S(=O)(O)c1ccc2ccccc2c1-c1c(P(c2ccccc2)c2ccccc2)ccc2ccccc12. The minimum Gasteiger partial charge on any atom is -0.282 e. The smallest absolute Gasteiger partial charge is 0.282 e. The highest BCUT2D eigenvalue weighted by Crippen LogP contribution is 2.44. The third-order valence-electron chi connectivity index (χ3n) is 6.60. The fourth-order valence-corrected chi connectivity index (χ4v) is 8.20. The van der Waals surface area contributed by atoms with Gasteiger partial charge in [0.05, 0.1) is 0 Å². The van der Waals surface area contributed by atoms with Gasteiger partial charge in [0, 0.05) is 5.56 Å². The van der Waals surface area contributed by atoms with Gasteiger partial charge in [-0.3, -0.25) is 4.55 Å². The van der Waals surface area contributed by atoms with E-state index in [1.54, 1.807) is 6.07 Å². The Hall–Kier alpha value is -3.82. The van der Waals surface area contributed by atoms with Crippen molar-refractivity contribution in [1.82, 2.24) is 0 Å². The van der Waals surface area contributed by atoms with Crippen LogP contribution in [0.3, 0.4) is 0 Å². The van der Waals surface area contributed by atoms with E-state index in [0.29, 0.717) is 5.56 Å². The maximum atomic E-state index is 12.8. The largest absolute Gasteiger partial charge is 0.295 e. The van der Waals surface area contributed by atoms with Gasteiger partial charge in [0.15, 0.2) is 0 Å². The second kappa shape index (κ2) is 9.57. The van der Waals surface area contributed by atoms with Crippen LogP contribution in [-0.2, 0) is 10.1 Å². The minimum absolute atomic E-state index is 0.0834. The van der Waals surface area contributed by atoms with Crippen molar-refractivity contribution in [3.05, 3.63) is 133 Å². The molecule has 0 saturated heterocycles. The second-order valence-electron chi connectivity index (χ2n) is 8.82. The lowest BCUT2D eigenvalue weighted by molar-refractivity contribution is 0.483. The van der Waals surface area contributed by atoms with Gasteiger partial charge in [-0.15, -0.1) is 0 Å². The Morgan fingerprint density at radius 1 is 0.486 bits per heavy atom. The quantitative estimate of drug-likeness (QED) is 0.205. The summed E-state index contributed by atoms with van der Waals surface area (Å²) in [5.41, 5.74) is 1.37. The van der Waals surface area contributed by atoms with Gasteiger partial charge in [-0.25, -0.2) is 0 Å². The van der Waals surface area contributed by atoms with E-state index in [4.69, 9.17) is 0 Å². The molecule has 0 radical (unpaired) electrons. The summed E-state index contributed by atoms with van der Waals surface area (Å²) in [7, 11) is -5.55. The van der Waals surface area contributed by atoms with Gasteiger partial charge in [-0.2, -0.15) is 8.42 Å². The monoisotopic (exact) mass is 518 g/mol. The van der Waals surface area contributed by atoms with Gasteiger partial charge in [0.25, 0.3) is 10.1 Å². The third-order valence-corrected chi connectivity index (χ3v) is 9.98. The molecule has 0 spiro atoms. The molecule has 3 nitrogen and oxygen atoms in total. The van der Waals surface area contributed by atoms with Gasteiger partial charge in [0.1, 0.15) is 4.90 Å². The molecule has 0 atom stereocenters. The van der Waals surface area contributed by atoms with Crippen LogP contribution < -0.4 is 15.9 Å². The lowest BCUT2D eigenvalue weighted by Crippen LogP contribution is -2.22. The first-order chi connectivity index (χ1) is 18.0. The Morgan fingerprint density at radius 3 is 1.49 bits per heavy atom. The van der Waals surface area contributed by atoms with Crippen molar-refractivity contribution in [2.45, 2.75) is 4.90 Å². The first-order valence-corrected chi connectivity index (χ1v) is 14.7. The summed E-state index contributed by atoms with van der Waals surface area (Å²) in [5.74, 6) is 0.